The summed E-state index contributed by atoms with van der Waals surface area (Å²) >= 11 is 0. The van der Waals surface area contributed by atoms with E-state index in [1.807, 2.05) is 6.92 Å². The molecule has 150 valence electrons. The van der Waals surface area contributed by atoms with E-state index in [2.05, 4.69) is 10.3 Å². The first-order valence-electron chi connectivity index (χ1n) is 9.29. The van der Waals surface area contributed by atoms with Crippen molar-refractivity contribution >= 4 is 17.8 Å². The van der Waals surface area contributed by atoms with Crippen LogP contribution >= 0.6 is 0 Å². The molecule has 1 fully saturated rings. The van der Waals surface area contributed by atoms with Crippen LogP contribution < -0.4 is 5.32 Å². The van der Waals surface area contributed by atoms with Gasteiger partial charge in [-0.05, 0) is 46.1 Å². The number of urea groups is 1. The number of H-pyrrole nitrogens is 1. The molecule has 27 heavy (non-hydrogen) atoms. The third kappa shape index (κ3) is 4.50. The van der Waals surface area contributed by atoms with E-state index in [0.717, 1.165) is 12.8 Å². The fraction of sp³-hybridized carbons (Fsp3) is 0.632. The zero-order valence-electron chi connectivity index (χ0n) is 16.7. The maximum atomic E-state index is 13.2. The van der Waals surface area contributed by atoms with Crippen molar-refractivity contribution in [3.63, 3.8) is 0 Å². The number of amides is 2. The van der Waals surface area contributed by atoms with Crippen LogP contribution in [0.15, 0.2) is 0 Å². The molecule has 1 aliphatic heterocycles. The quantitative estimate of drug-likeness (QED) is 0.559. The van der Waals surface area contributed by atoms with Gasteiger partial charge in [-0.3, -0.25) is 4.79 Å². The second-order valence-corrected chi connectivity index (χ2v) is 6.78. The maximum absolute atomic E-state index is 13.2. The molecule has 2 N–H and O–H groups in total. The summed E-state index contributed by atoms with van der Waals surface area (Å²) in [5.74, 6) is -0.747. The van der Waals surface area contributed by atoms with E-state index in [9.17, 15) is 14.4 Å². The number of Topliss-reactive ketones (excluding diaryl/α,β-unsaturated/α-hetero) is 1. The molecule has 1 aromatic heterocycles. The number of ether oxygens (including phenoxy) is 2. The van der Waals surface area contributed by atoms with Gasteiger partial charge >= 0.3 is 12.0 Å². The highest BCUT2D eigenvalue weighted by molar-refractivity contribution is 6.06. The molecule has 1 saturated heterocycles. The minimum atomic E-state index is -0.695. The van der Waals surface area contributed by atoms with E-state index in [-0.39, 0.29) is 23.6 Å². The zero-order valence-corrected chi connectivity index (χ0v) is 16.7. The molecular formula is C19H29N3O5. The Balaban J connectivity index is 2.29. The summed E-state index contributed by atoms with van der Waals surface area (Å²) < 4.78 is 10.4. The molecule has 1 aromatic rings. The first-order valence-corrected chi connectivity index (χ1v) is 9.29. The molecule has 0 bridgehead atoms. The van der Waals surface area contributed by atoms with E-state index >= 15 is 0 Å². The Morgan fingerprint density at radius 3 is 2.63 bits per heavy atom. The van der Waals surface area contributed by atoms with Crippen LogP contribution in [0.4, 0.5) is 4.79 Å². The lowest BCUT2D eigenvalue weighted by Crippen LogP contribution is -2.51. The summed E-state index contributed by atoms with van der Waals surface area (Å²) in [6.45, 7) is 8.46. The number of carbonyl (C=O) groups is 3. The summed E-state index contributed by atoms with van der Waals surface area (Å²) in [5.41, 5.74) is 1.79. The van der Waals surface area contributed by atoms with E-state index in [1.165, 1.54) is 12.0 Å². The Kier molecular flexibility index (Phi) is 7.01. The topological polar surface area (TPSA) is 101 Å². The van der Waals surface area contributed by atoms with Crippen molar-refractivity contribution in [2.45, 2.75) is 52.7 Å². The SMILES string of the molecule is CCNC(=O)N(CC1CCCO1)C(C)C(=O)c1c(C)[nH]c(C(=O)OC)c1C. The number of aryl methyl sites for hydroxylation is 1. The van der Waals surface area contributed by atoms with Gasteiger partial charge in [0.05, 0.1) is 19.3 Å². The molecule has 2 heterocycles. The van der Waals surface area contributed by atoms with Gasteiger partial charge in [-0.25, -0.2) is 9.59 Å². The summed E-state index contributed by atoms with van der Waals surface area (Å²) in [6, 6.07) is -0.993. The predicted molar refractivity (Wildman–Crippen MR) is 100 cm³/mol. The maximum Gasteiger partial charge on any atom is 0.354 e. The highest BCUT2D eigenvalue weighted by atomic mass is 16.5. The molecule has 0 saturated carbocycles. The van der Waals surface area contributed by atoms with Gasteiger partial charge in [-0.1, -0.05) is 0 Å². The van der Waals surface area contributed by atoms with Crippen molar-refractivity contribution < 1.29 is 23.9 Å². The summed E-state index contributed by atoms with van der Waals surface area (Å²) in [4.78, 5) is 42.1. The van der Waals surface area contributed by atoms with Crippen LogP contribution in [0.1, 0.15) is 58.8 Å². The predicted octanol–water partition coefficient (Wildman–Crippen LogP) is 2.20. The average molecular weight is 379 g/mol. The van der Waals surface area contributed by atoms with Gasteiger partial charge in [-0.15, -0.1) is 0 Å². The number of ketones is 1. The molecule has 8 heteroatoms. The number of nitrogens with one attached hydrogen (secondary N) is 2. The Morgan fingerprint density at radius 1 is 1.37 bits per heavy atom. The van der Waals surface area contributed by atoms with Crippen LogP contribution in [0.5, 0.6) is 0 Å². The zero-order chi connectivity index (χ0) is 20.1. The fourth-order valence-corrected chi connectivity index (χ4v) is 3.45. The van der Waals surface area contributed by atoms with Crippen molar-refractivity contribution in [2.24, 2.45) is 0 Å². The van der Waals surface area contributed by atoms with E-state index in [0.29, 0.717) is 36.5 Å². The monoisotopic (exact) mass is 379 g/mol. The van der Waals surface area contributed by atoms with Gasteiger partial charge in [0.1, 0.15) is 5.69 Å². The fourth-order valence-electron chi connectivity index (χ4n) is 3.45. The van der Waals surface area contributed by atoms with Crippen molar-refractivity contribution in [3.05, 3.63) is 22.5 Å². The number of esters is 1. The number of methoxy groups -OCH3 is 1. The average Bonchev–Trinajstić information content (AvgIpc) is 3.25. The second kappa shape index (κ2) is 9.03. The van der Waals surface area contributed by atoms with Crippen LogP contribution in [-0.2, 0) is 9.47 Å². The lowest BCUT2D eigenvalue weighted by Gasteiger charge is -2.30. The molecule has 2 amide bonds. The van der Waals surface area contributed by atoms with E-state index in [4.69, 9.17) is 9.47 Å². The summed E-state index contributed by atoms with van der Waals surface area (Å²) in [7, 11) is 1.29. The third-order valence-corrected chi connectivity index (χ3v) is 4.93. The number of hydrogen-bond donors (Lipinski definition) is 2. The number of carbonyl (C=O) groups excluding carboxylic acids is 3. The molecule has 8 nitrogen and oxygen atoms in total. The molecule has 2 atom stereocenters. The molecule has 0 radical (unpaired) electrons. The van der Waals surface area contributed by atoms with Crippen LogP contribution in [0.3, 0.4) is 0 Å². The van der Waals surface area contributed by atoms with E-state index < -0.39 is 12.0 Å². The molecular weight excluding hydrogens is 350 g/mol. The standard InChI is InChI=1S/C19H29N3O5/c1-6-20-19(25)22(10-14-8-7-9-27-14)13(4)17(23)15-11(2)16(18(24)26-5)21-12(15)3/h13-14,21H,6-10H2,1-5H3,(H,20,25). The minimum Gasteiger partial charge on any atom is -0.464 e. The van der Waals surface area contributed by atoms with Crippen molar-refractivity contribution in [2.75, 3.05) is 26.8 Å². The molecule has 0 aromatic carbocycles. The van der Waals surface area contributed by atoms with Crippen LogP contribution in [-0.4, -0.2) is 66.6 Å². The van der Waals surface area contributed by atoms with Crippen molar-refractivity contribution in [1.82, 2.24) is 15.2 Å². The van der Waals surface area contributed by atoms with Crippen molar-refractivity contribution in [1.29, 1.82) is 0 Å². The Bertz CT molecular complexity index is 706. The Hall–Kier alpha value is -2.35. The van der Waals surface area contributed by atoms with Crippen LogP contribution in [0, 0.1) is 13.8 Å². The van der Waals surface area contributed by atoms with Gasteiger partial charge in [0.25, 0.3) is 0 Å². The van der Waals surface area contributed by atoms with Crippen molar-refractivity contribution in [3.8, 4) is 0 Å². The summed E-state index contributed by atoms with van der Waals surface area (Å²) in [6.07, 6.45) is 1.75. The first kappa shape index (κ1) is 21.0. The molecule has 1 aliphatic rings. The molecule has 2 rings (SSSR count). The number of aromatic nitrogens is 1. The number of aromatic amines is 1. The normalized spacial score (nSPS) is 17.4. The molecule has 0 aliphatic carbocycles. The number of rotatable bonds is 7. The largest absolute Gasteiger partial charge is 0.464 e. The highest BCUT2D eigenvalue weighted by Gasteiger charge is 2.33. The molecule has 0 spiro atoms. The highest BCUT2D eigenvalue weighted by Crippen LogP contribution is 2.23. The van der Waals surface area contributed by atoms with Gasteiger partial charge < -0.3 is 24.7 Å². The lowest BCUT2D eigenvalue weighted by molar-refractivity contribution is 0.0593. The van der Waals surface area contributed by atoms with Crippen LogP contribution in [0.25, 0.3) is 0 Å². The molecule has 2 unspecified atom stereocenters. The number of nitrogens with zero attached hydrogens (tertiary/aromatic N) is 1. The minimum absolute atomic E-state index is 0.0677. The summed E-state index contributed by atoms with van der Waals surface area (Å²) in [5, 5.41) is 2.77. The van der Waals surface area contributed by atoms with Crippen LogP contribution in [0.2, 0.25) is 0 Å². The smallest absolute Gasteiger partial charge is 0.354 e. The first-order chi connectivity index (χ1) is 12.8. The second-order valence-electron chi connectivity index (χ2n) is 6.78. The number of hydrogen-bond acceptors (Lipinski definition) is 5. The van der Waals surface area contributed by atoms with E-state index in [1.54, 1.807) is 20.8 Å². The Labute approximate surface area is 159 Å². The van der Waals surface area contributed by atoms with Gasteiger partial charge in [0, 0.05) is 31.0 Å². The van der Waals surface area contributed by atoms with Gasteiger partial charge in [-0.2, -0.15) is 0 Å². The van der Waals surface area contributed by atoms with Gasteiger partial charge in [0.15, 0.2) is 5.78 Å². The van der Waals surface area contributed by atoms with Gasteiger partial charge in [0.2, 0.25) is 0 Å². The lowest BCUT2D eigenvalue weighted by atomic mass is 9.99. The Morgan fingerprint density at radius 2 is 2.07 bits per heavy atom. The third-order valence-electron chi connectivity index (χ3n) is 4.93.